The van der Waals surface area contributed by atoms with Crippen molar-refractivity contribution in [1.29, 1.82) is 0 Å². The molecule has 2 aromatic heterocycles. The Kier molecular flexibility index (Phi) is 4.39. The summed E-state index contributed by atoms with van der Waals surface area (Å²) in [5.41, 5.74) is 1.28. The predicted molar refractivity (Wildman–Crippen MR) is 99.3 cm³/mol. The molecule has 0 fully saturated rings. The van der Waals surface area contributed by atoms with Gasteiger partial charge in [-0.25, -0.2) is 4.39 Å². The van der Waals surface area contributed by atoms with Crippen LogP contribution in [0.5, 0.6) is 5.75 Å². The van der Waals surface area contributed by atoms with Crippen LogP contribution in [0.15, 0.2) is 36.4 Å². The van der Waals surface area contributed by atoms with Gasteiger partial charge in [0.05, 0.1) is 15.7 Å². The molecule has 10 heteroatoms. The molecule has 6 nitrogen and oxygen atoms in total. The number of halogens is 3. The molecule has 0 atom stereocenters. The Hall–Kier alpha value is -2.42. The van der Waals surface area contributed by atoms with Crippen molar-refractivity contribution in [2.75, 3.05) is 5.32 Å². The second-order valence-corrected chi connectivity index (χ2v) is 7.15. The Bertz CT molecular complexity index is 1110. The maximum Gasteiger partial charge on any atom is 0.236 e. The number of anilines is 2. The number of aromatic hydroxyl groups is 1. The first-order valence-electron chi connectivity index (χ1n) is 7.41. The van der Waals surface area contributed by atoms with E-state index in [4.69, 9.17) is 23.2 Å². The Labute approximate surface area is 160 Å². The highest BCUT2D eigenvalue weighted by Gasteiger charge is 2.14. The van der Waals surface area contributed by atoms with Crippen LogP contribution in [0.3, 0.4) is 0 Å². The van der Waals surface area contributed by atoms with Gasteiger partial charge in [-0.15, -0.1) is 15.3 Å². The van der Waals surface area contributed by atoms with E-state index in [2.05, 4.69) is 20.6 Å². The van der Waals surface area contributed by atoms with E-state index in [9.17, 15) is 9.50 Å². The molecule has 0 unspecified atom stereocenters. The smallest absolute Gasteiger partial charge is 0.236 e. The van der Waals surface area contributed by atoms with Gasteiger partial charge in [0, 0.05) is 6.42 Å². The largest absolute Gasteiger partial charge is 0.506 e. The number of rotatable bonds is 4. The molecule has 2 N–H and O–H groups in total. The highest BCUT2D eigenvalue weighted by molar-refractivity contribution is 7.20. The van der Waals surface area contributed by atoms with Crippen molar-refractivity contribution >= 4 is 50.3 Å². The molecular formula is C16H10Cl2FN5OS. The fourth-order valence-corrected chi connectivity index (χ4v) is 3.52. The van der Waals surface area contributed by atoms with Gasteiger partial charge in [0.15, 0.2) is 5.82 Å². The third kappa shape index (κ3) is 3.18. The van der Waals surface area contributed by atoms with Crippen molar-refractivity contribution in [2.45, 2.75) is 6.42 Å². The van der Waals surface area contributed by atoms with Gasteiger partial charge in [0.2, 0.25) is 10.1 Å². The molecule has 0 aliphatic heterocycles. The van der Waals surface area contributed by atoms with E-state index in [-0.39, 0.29) is 15.8 Å². The van der Waals surface area contributed by atoms with E-state index in [1.54, 1.807) is 28.8 Å². The number of benzene rings is 2. The lowest BCUT2D eigenvalue weighted by Gasteiger charge is -2.04. The Balaban J connectivity index is 1.62. The van der Waals surface area contributed by atoms with Crippen molar-refractivity contribution in [1.82, 2.24) is 19.8 Å². The van der Waals surface area contributed by atoms with Gasteiger partial charge in [-0.1, -0.05) is 46.7 Å². The number of nitrogens with zero attached hydrogens (tertiary/aromatic N) is 4. The van der Waals surface area contributed by atoms with E-state index in [1.807, 2.05) is 0 Å². The number of phenolic OH excluding ortho intramolecular Hbond substituents is 1. The second kappa shape index (κ2) is 6.71. The SMILES string of the molecule is Oc1ccc(Cc2nnc3sc(Nc4cccc(F)c4Cl)nn23)cc1Cl. The predicted octanol–water partition coefficient (Wildman–Crippen LogP) is 4.67. The normalized spacial score (nSPS) is 11.2. The molecule has 0 saturated carbocycles. The van der Waals surface area contributed by atoms with Crippen LogP contribution in [0.4, 0.5) is 15.2 Å². The van der Waals surface area contributed by atoms with Gasteiger partial charge in [-0.3, -0.25) is 0 Å². The Morgan fingerprint density at radius 3 is 2.85 bits per heavy atom. The van der Waals surface area contributed by atoms with E-state index < -0.39 is 5.82 Å². The second-order valence-electron chi connectivity index (χ2n) is 5.41. The van der Waals surface area contributed by atoms with Gasteiger partial charge in [0.25, 0.3) is 0 Å². The van der Waals surface area contributed by atoms with Crippen LogP contribution in [0, 0.1) is 5.82 Å². The molecule has 0 bridgehead atoms. The minimum absolute atomic E-state index is 0.00239. The van der Waals surface area contributed by atoms with Gasteiger partial charge in [-0.05, 0) is 29.8 Å². The van der Waals surface area contributed by atoms with Crippen molar-refractivity contribution < 1.29 is 9.50 Å². The summed E-state index contributed by atoms with van der Waals surface area (Å²) in [6.45, 7) is 0. The summed E-state index contributed by atoms with van der Waals surface area (Å²) >= 11 is 13.2. The highest BCUT2D eigenvalue weighted by Crippen LogP contribution is 2.30. The van der Waals surface area contributed by atoms with Crippen LogP contribution in [0.25, 0.3) is 4.96 Å². The van der Waals surface area contributed by atoms with Crippen molar-refractivity contribution in [2.24, 2.45) is 0 Å². The molecule has 0 radical (unpaired) electrons. The fraction of sp³-hybridized carbons (Fsp3) is 0.0625. The lowest BCUT2D eigenvalue weighted by molar-refractivity contribution is 0.475. The Morgan fingerprint density at radius 1 is 1.19 bits per heavy atom. The monoisotopic (exact) mass is 409 g/mol. The molecule has 0 aliphatic rings. The summed E-state index contributed by atoms with van der Waals surface area (Å²) < 4.78 is 15.1. The number of hydrogen-bond donors (Lipinski definition) is 2. The van der Waals surface area contributed by atoms with Crippen molar-refractivity contribution in [3.63, 3.8) is 0 Å². The topological polar surface area (TPSA) is 75.3 Å². The molecule has 0 spiro atoms. The van der Waals surface area contributed by atoms with E-state index in [0.717, 1.165) is 5.56 Å². The summed E-state index contributed by atoms with van der Waals surface area (Å²) in [7, 11) is 0. The van der Waals surface area contributed by atoms with Gasteiger partial charge < -0.3 is 10.4 Å². The van der Waals surface area contributed by atoms with Crippen molar-refractivity contribution in [3.8, 4) is 5.75 Å². The van der Waals surface area contributed by atoms with Crippen LogP contribution >= 0.6 is 34.5 Å². The lowest BCUT2D eigenvalue weighted by Crippen LogP contribution is -1.99. The van der Waals surface area contributed by atoms with E-state index in [0.29, 0.717) is 28.0 Å². The van der Waals surface area contributed by atoms with Crippen LogP contribution in [0.1, 0.15) is 11.4 Å². The van der Waals surface area contributed by atoms with Crippen molar-refractivity contribution in [3.05, 3.63) is 63.6 Å². The standard InChI is InChI=1S/C16H10Cl2FN5OS/c17-9-6-8(4-5-12(9)25)7-13-21-22-16-24(13)23-15(26-16)20-11-3-1-2-10(19)14(11)18/h1-6,25H,7H2,(H,20,23). The molecule has 26 heavy (non-hydrogen) atoms. The summed E-state index contributed by atoms with van der Waals surface area (Å²) in [5.74, 6) is 0.120. The average Bonchev–Trinajstić information content (AvgIpc) is 3.17. The lowest BCUT2D eigenvalue weighted by atomic mass is 10.1. The summed E-state index contributed by atoms with van der Waals surface area (Å²) in [4.78, 5) is 0.583. The maximum absolute atomic E-state index is 13.5. The van der Waals surface area contributed by atoms with E-state index >= 15 is 0 Å². The van der Waals surface area contributed by atoms with Crippen LogP contribution < -0.4 is 5.32 Å². The molecule has 0 saturated heterocycles. The number of aromatic nitrogens is 4. The molecule has 2 heterocycles. The van der Waals surface area contributed by atoms with Crippen LogP contribution in [-0.4, -0.2) is 24.9 Å². The van der Waals surface area contributed by atoms with Crippen LogP contribution in [0.2, 0.25) is 10.0 Å². The summed E-state index contributed by atoms with van der Waals surface area (Å²) in [6.07, 6.45) is 0.436. The molecule has 4 aromatic rings. The van der Waals surface area contributed by atoms with E-state index in [1.165, 1.54) is 23.5 Å². The molecule has 2 aromatic carbocycles. The molecule has 0 amide bonds. The third-order valence-electron chi connectivity index (χ3n) is 3.62. The summed E-state index contributed by atoms with van der Waals surface area (Å²) in [6, 6.07) is 9.44. The minimum Gasteiger partial charge on any atom is -0.506 e. The molecule has 132 valence electrons. The van der Waals surface area contributed by atoms with Gasteiger partial charge >= 0.3 is 0 Å². The first-order chi connectivity index (χ1) is 12.5. The fourth-order valence-electron chi connectivity index (χ4n) is 2.38. The molecular weight excluding hydrogens is 400 g/mol. The first-order valence-corrected chi connectivity index (χ1v) is 8.98. The number of nitrogens with one attached hydrogen (secondary N) is 1. The maximum atomic E-state index is 13.5. The van der Waals surface area contributed by atoms with Gasteiger partial charge in [0.1, 0.15) is 11.6 Å². The third-order valence-corrected chi connectivity index (χ3v) is 5.12. The van der Waals surface area contributed by atoms with Gasteiger partial charge in [-0.2, -0.15) is 4.52 Å². The zero-order valence-electron chi connectivity index (χ0n) is 12.9. The number of fused-ring (bicyclic) bond motifs is 1. The Morgan fingerprint density at radius 2 is 2.04 bits per heavy atom. The average molecular weight is 410 g/mol. The zero-order chi connectivity index (χ0) is 18.3. The molecule has 0 aliphatic carbocycles. The molecule has 4 rings (SSSR count). The summed E-state index contributed by atoms with van der Waals surface area (Å²) in [5, 5.41) is 25.9. The van der Waals surface area contributed by atoms with Crippen LogP contribution in [-0.2, 0) is 6.42 Å². The minimum atomic E-state index is -0.510. The number of phenols is 1. The highest BCUT2D eigenvalue weighted by atomic mass is 35.5. The quantitative estimate of drug-likeness (QED) is 0.512. The number of hydrogen-bond acceptors (Lipinski definition) is 6. The zero-order valence-corrected chi connectivity index (χ0v) is 15.3. The first kappa shape index (κ1) is 17.0.